The number of amides is 2. The third kappa shape index (κ3) is 15.6. The quantitative estimate of drug-likeness (QED) is 0.0330. The van der Waals surface area contributed by atoms with Crippen LogP contribution in [-0.4, -0.2) is 162 Å². The molecule has 3 heterocycles. The number of hydrogen-bond acceptors (Lipinski definition) is 19. The molecule has 3 aliphatic heterocycles. The highest BCUT2D eigenvalue weighted by molar-refractivity contribution is 5.95. The Morgan fingerprint density at radius 3 is 1.58 bits per heavy atom. The maximum absolute atomic E-state index is 14.3. The van der Waals surface area contributed by atoms with Gasteiger partial charge in [-0.1, -0.05) is 127 Å². The first kappa shape index (κ1) is 60.2. The van der Waals surface area contributed by atoms with E-state index in [-0.39, 0.29) is 61.3 Å². The molecule has 10 atom stereocenters. The first-order valence-corrected chi connectivity index (χ1v) is 27.2. The van der Waals surface area contributed by atoms with Crippen molar-refractivity contribution in [2.75, 3.05) is 46.0 Å². The first-order chi connectivity index (χ1) is 40.8. The molecular weight excluding hydrogens is 1090 g/mol. The third-order valence-corrected chi connectivity index (χ3v) is 14.2. The maximum atomic E-state index is 14.3. The minimum Gasteiger partial charge on any atom is -0.475 e. The molecule has 0 radical (unpaired) electrons. The highest BCUT2D eigenvalue weighted by Crippen LogP contribution is 2.37. The van der Waals surface area contributed by atoms with Crippen molar-refractivity contribution < 1.29 is 86.5 Å². The fraction of sp³-hybridized carbons (Fsp3) is 0.339. The van der Waals surface area contributed by atoms with Gasteiger partial charge >= 0.3 is 23.6 Å². The van der Waals surface area contributed by atoms with E-state index in [1.54, 1.807) is 120 Å². The van der Waals surface area contributed by atoms with Crippen molar-refractivity contribution in [2.45, 2.75) is 88.2 Å². The van der Waals surface area contributed by atoms with E-state index < -0.39 is 116 Å². The van der Waals surface area contributed by atoms with E-state index in [1.807, 2.05) is 12.1 Å². The van der Waals surface area contributed by atoms with Crippen LogP contribution in [0.5, 0.6) is 5.75 Å². The molecule has 0 spiro atoms. The molecule has 22 heteroatoms. The summed E-state index contributed by atoms with van der Waals surface area (Å²) in [7, 11) is 0. The van der Waals surface area contributed by atoms with Gasteiger partial charge in [-0.3, -0.25) is 19.7 Å². The van der Waals surface area contributed by atoms with E-state index in [4.69, 9.17) is 47.4 Å². The molecule has 22 nitrogen and oxygen atoms in total. The number of carbonyl (C=O) groups excluding carboxylic acids is 5. The van der Waals surface area contributed by atoms with Gasteiger partial charge < -0.3 is 67.4 Å². The molecule has 0 aromatic heterocycles. The van der Waals surface area contributed by atoms with E-state index in [2.05, 4.69) is 0 Å². The van der Waals surface area contributed by atoms with Crippen LogP contribution < -0.4 is 4.74 Å². The van der Waals surface area contributed by atoms with Crippen LogP contribution in [0.15, 0.2) is 170 Å². The maximum Gasteiger partial charge on any atom is 0.344 e. The summed E-state index contributed by atoms with van der Waals surface area (Å²) in [6, 6.07) is 46.5. The lowest BCUT2D eigenvalue weighted by molar-refractivity contribution is -0.385. The van der Waals surface area contributed by atoms with Crippen molar-refractivity contribution in [1.29, 1.82) is 0 Å². The zero-order valence-corrected chi connectivity index (χ0v) is 45.7. The van der Waals surface area contributed by atoms with E-state index in [1.165, 1.54) is 48.2 Å². The van der Waals surface area contributed by atoms with Gasteiger partial charge in [0.05, 0.1) is 42.5 Å². The normalized spacial score (nSPS) is 23.2. The summed E-state index contributed by atoms with van der Waals surface area (Å²) in [5.41, 5.74) is 1.68. The molecule has 6 aromatic carbocycles. The summed E-state index contributed by atoms with van der Waals surface area (Å²) in [5.74, 6) is -3.74. The van der Waals surface area contributed by atoms with Gasteiger partial charge in [-0.15, -0.1) is 0 Å². The largest absolute Gasteiger partial charge is 0.475 e. The molecular formula is C62H63N3O19. The van der Waals surface area contributed by atoms with E-state index in [0.29, 0.717) is 24.2 Å². The number of carbonyl (C=O) groups is 5. The lowest BCUT2D eigenvalue weighted by atomic mass is 9.96. The van der Waals surface area contributed by atoms with Gasteiger partial charge in [0.15, 0.2) is 37.1 Å². The highest BCUT2D eigenvalue weighted by Gasteiger charge is 2.56. The number of benzene rings is 6. The minimum absolute atomic E-state index is 0.00522. The molecule has 0 aliphatic carbocycles. The second-order valence-corrected chi connectivity index (χ2v) is 19.9. The number of piperazine rings is 1. The van der Waals surface area contributed by atoms with Crippen LogP contribution in [0.4, 0.5) is 5.69 Å². The van der Waals surface area contributed by atoms with Crippen LogP contribution in [0.2, 0.25) is 0 Å². The number of rotatable bonds is 23. The van der Waals surface area contributed by atoms with Gasteiger partial charge in [0.1, 0.15) is 43.2 Å². The summed E-state index contributed by atoms with van der Waals surface area (Å²) in [6.07, 6.45) is -15.5. The fourth-order valence-electron chi connectivity index (χ4n) is 9.76. The Kier molecular flexibility index (Phi) is 20.9. The zero-order valence-electron chi connectivity index (χ0n) is 45.7. The molecule has 2 N–H and O–H groups in total. The molecule has 3 aliphatic rings. The monoisotopic (exact) mass is 1150 g/mol. The second-order valence-electron chi connectivity index (χ2n) is 19.9. The average molecular weight is 1150 g/mol. The fourth-order valence-corrected chi connectivity index (χ4v) is 9.76. The van der Waals surface area contributed by atoms with Crippen molar-refractivity contribution in [3.63, 3.8) is 0 Å². The lowest BCUT2D eigenvalue weighted by Gasteiger charge is -2.49. The Labute approximate surface area is 483 Å². The van der Waals surface area contributed by atoms with Crippen LogP contribution in [0.1, 0.15) is 54.7 Å². The van der Waals surface area contributed by atoms with Crippen molar-refractivity contribution in [1.82, 2.24) is 9.80 Å². The summed E-state index contributed by atoms with van der Waals surface area (Å²) in [5, 5.41) is 35.7. The van der Waals surface area contributed by atoms with Gasteiger partial charge in [-0.05, 0) is 53.1 Å². The average Bonchev–Trinajstić information content (AvgIpc) is 2.62. The van der Waals surface area contributed by atoms with Crippen molar-refractivity contribution in [3.8, 4) is 5.75 Å². The van der Waals surface area contributed by atoms with Crippen molar-refractivity contribution in [3.05, 3.63) is 213 Å². The smallest absolute Gasteiger partial charge is 0.344 e. The van der Waals surface area contributed by atoms with Gasteiger partial charge in [0.25, 0.3) is 5.91 Å². The molecule has 6 aromatic rings. The van der Waals surface area contributed by atoms with Gasteiger partial charge in [0.2, 0.25) is 5.91 Å². The third-order valence-electron chi connectivity index (χ3n) is 14.2. The molecule has 9 rings (SSSR count). The topological polar surface area (TPSA) is 268 Å². The predicted molar refractivity (Wildman–Crippen MR) is 296 cm³/mol. The molecule has 0 saturated carbocycles. The Hall–Kier alpha value is -8.45. The molecule has 0 bridgehead atoms. The van der Waals surface area contributed by atoms with Gasteiger partial charge in [0, 0.05) is 44.7 Å². The van der Waals surface area contributed by atoms with Crippen LogP contribution in [0.3, 0.4) is 0 Å². The molecule has 2 amide bonds. The summed E-state index contributed by atoms with van der Waals surface area (Å²) in [6.45, 7) is -0.0640. The standard InChI is InChI=1S/C62H63N3O19/c1-40(67)63-29-31-64(32-30-63)58(70)46-27-28-48(47(33-46)65(73)74)75-39-51(68)76-38-50-54(78-36-42-19-9-3-10-20-42)56(57(83-60(72)45-25-15-6-16-26-45)61(81-50)79-37-43-21-11-4-12-22-43)84-62-55(82-59(71)44-23-13-5-14-24-44)52(69)53(49(34-66)80-62)77-35-41-17-7-2-8-18-41/h2-28,33,49-50,52-57,61-62,66,69H,29-32,34-39H2,1H3/t49?,50?,52?,53-,54-,55?,56?,57?,61-,62+/m1/s1. The number of nitrogens with zero attached hydrogens (tertiary/aromatic N) is 3. The molecule has 3 fully saturated rings. The van der Waals surface area contributed by atoms with Gasteiger partial charge in [-0.2, -0.15) is 0 Å². The summed E-state index contributed by atoms with van der Waals surface area (Å²) < 4.78 is 63.3. The van der Waals surface area contributed by atoms with Gasteiger partial charge in [-0.25, -0.2) is 14.4 Å². The van der Waals surface area contributed by atoms with Crippen molar-refractivity contribution >= 4 is 35.4 Å². The number of hydrogen-bond donors (Lipinski definition) is 2. The Morgan fingerprint density at radius 2 is 1.06 bits per heavy atom. The molecule has 440 valence electrons. The van der Waals surface area contributed by atoms with Crippen LogP contribution in [-0.2, 0) is 72.0 Å². The lowest BCUT2D eigenvalue weighted by Crippen LogP contribution is -2.66. The van der Waals surface area contributed by atoms with Crippen molar-refractivity contribution in [2.24, 2.45) is 0 Å². The number of aliphatic hydroxyl groups is 2. The SMILES string of the molecule is CC(=O)N1CCN(C(=O)c2ccc(OCC(=O)OCC3O[C@@H](OCc4ccccc4)C(OC(=O)c4ccccc4)C(O[C@@H]4OC(CO)[C@@H](OCc5ccccc5)C(O)C4OC(=O)c4ccccc4)[C@@H]3OCc3ccccc3)c([N+](=O)[O-])c2)CC1. The zero-order chi connectivity index (χ0) is 59.0. The Bertz CT molecular complexity index is 3140. The van der Waals surface area contributed by atoms with E-state index in [0.717, 1.165) is 11.6 Å². The van der Waals surface area contributed by atoms with Crippen LogP contribution in [0, 0.1) is 10.1 Å². The summed E-state index contributed by atoms with van der Waals surface area (Å²) in [4.78, 5) is 82.2. The molecule has 84 heavy (non-hydrogen) atoms. The number of nitro benzene ring substituents is 1. The van der Waals surface area contributed by atoms with Crippen LogP contribution in [0.25, 0.3) is 0 Å². The Morgan fingerprint density at radius 1 is 0.571 bits per heavy atom. The Balaban J connectivity index is 1.04. The first-order valence-electron chi connectivity index (χ1n) is 27.2. The predicted octanol–water partition coefficient (Wildman–Crippen LogP) is 5.85. The number of ether oxygens (including phenoxy) is 10. The van der Waals surface area contributed by atoms with Crippen LogP contribution >= 0.6 is 0 Å². The molecule has 6 unspecified atom stereocenters. The van der Waals surface area contributed by atoms with E-state index in [9.17, 15) is 44.3 Å². The molecule has 3 saturated heterocycles. The number of esters is 3. The minimum atomic E-state index is -1.80. The number of aliphatic hydroxyl groups excluding tert-OH is 2. The summed E-state index contributed by atoms with van der Waals surface area (Å²) >= 11 is 0. The van der Waals surface area contributed by atoms with E-state index >= 15 is 0 Å². The highest BCUT2D eigenvalue weighted by atomic mass is 16.8. The second kappa shape index (κ2) is 29.2. The number of nitro groups is 1.